The van der Waals surface area contributed by atoms with Crippen LogP contribution >= 0.6 is 0 Å². The molecule has 1 aliphatic rings. The van der Waals surface area contributed by atoms with Gasteiger partial charge in [0.15, 0.2) is 0 Å². The number of esters is 2. The van der Waals surface area contributed by atoms with Crippen LogP contribution in [0, 0.1) is 5.92 Å². The standard InChI is InChI=1S/C15H18O5/c1-19-14(17)11-7-12(16)9-13(8-11)20-15(18)10-5-3-2-4-6-10/h2-6,11-13,16H,7-9H2,1H3/t11-,12+,13+/m1/s1. The van der Waals surface area contributed by atoms with Gasteiger partial charge in [-0.2, -0.15) is 0 Å². The number of benzene rings is 1. The number of rotatable bonds is 3. The van der Waals surface area contributed by atoms with Gasteiger partial charge in [-0.05, 0) is 25.0 Å². The molecule has 0 radical (unpaired) electrons. The Labute approximate surface area is 117 Å². The number of ether oxygens (including phenoxy) is 2. The topological polar surface area (TPSA) is 72.8 Å². The molecule has 2 rings (SSSR count). The number of carbonyl (C=O) groups is 2. The second-order valence-electron chi connectivity index (χ2n) is 4.97. The van der Waals surface area contributed by atoms with E-state index >= 15 is 0 Å². The summed E-state index contributed by atoms with van der Waals surface area (Å²) in [4.78, 5) is 23.5. The van der Waals surface area contributed by atoms with Gasteiger partial charge in [0.05, 0.1) is 24.7 Å². The highest BCUT2D eigenvalue weighted by atomic mass is 16.5. The first-order chi connectivity index (χ1) is 9.60. The van der Waals surface area contributed by atoms with Crippen molar-refractivity contribution in [1.29, 1.82) is 0 Å². The maximum Gasteiger partial charge on any atom is 0.338 e. The van der Waals surface area contributed by atoms with Crippen molar-refractivity contribution in [3.63, 3.8) is 0 Å². The highest BCUT2D eigenvalue weighted by Crippen LogP contribution is 2.28. The molecule has 0 bridgehead atoms. The van der Waals surface area contributed by atoms with E-state index in [4.69, 9.17) is 4.74 Å². The van der Waals surface area contributed by atoms with E-state index in [-0.39, 0.29) is 5.97 Å². The zero-order valence-electron chi connectivity index (χ0n) is 11.3. The number of aliphatic hydroxyl groups is 1. The molecule has 1 aromatic carbocycles. The molecule has 1 N–H and O–H groups in total. The molecule has 0 spiro atoms. The summed E-state index contributed by atoms with van der Waals surface area (Å²) in [5, 5.41) is 9.78. The number of hydrogen-bond acceptors (Lipinski definition) is 5. The van der Waals surface area contributed by atoms with Crippen LogP contribution in [-0.2, 0) is 14.3 Å². The van der Waals surface area contributed by atoms with Crippen LogP contribution in [0.1, 0.15) is 29.6 Å². The van der Waals surface area contributed by atoms with Crippen molar-refractivity contribution in [1.82, 2.24) is 0 Å². The van der Waals surface area contributed by atoms with Gasteiger partial charge in [-0.3, -0.25) is 4.79 Å². The quantitative estimate of drug-likeness (QED) is 0.849. The summed E-state index contributed by atoms with van der Waals surface area (Å²) in [5.74, 6) is -1.23. The van der Waals surface area contributed by atoms with Gasteiger partial charge >= 0.3 is 11.9 Å². The fourth-order valence-electron chi connectivity index (χ4n) is 2.49. The number of carbonyl (C=O) groups excluding carboxylic acids is 2. The van der Waals surface area contributed by atoms with Gasteiger partial charge in [-0.25, -0.2) is 4.79 Å². The smallest absolute Gasteiger partial charge is 0.338 e. The van der Waals surface area contributed by atoms with Crippen molar-refractivity contribution in [2.24, 2.45) is 5.92 Å². The SMILES string of the molecule is COC(=O)[C@@H]1C[C@H](O)C[C@@H](OC(=O)c2ccccc2)C1. The van der Waals surface area contributed by atoms with Gasteiger partial charge in [-0.15, -0.1) is 0 Å². The van der Waals surface area contributed by atoms with E-state index < -0.39 is 24.1 Å². The van der Waals surface area contributed by atoms with Gasteiger partial charge in [0.25, 0.3) is 0 Å². The van der Waals surface area contributed by atoms with E-state index in [9.17, 15) is 14.7 Å². The maximum atomic E-state index is 11.9. The summed E-state index contributed by atoms with van der Waals surface area (Å²) in [6, 6.07) is 8.65. The molecule has 1 aliphatic carbocycles. The Balaban J connectivity index is 1.98. The Hall–Kier alpha value is -1.88. The first-order valence-electron chi connectivity index (χ1n) is 6.62. The summed E-state index contributed by atoms with van der Waals surface area (Å²) >= 11 is 0. The molecule has 0 amide bonds. The average molecular weight is 278 g/mol. The molecule has 5 heteroatoms. The lowest BCUT2D eigenvalue weighted by Gasteiger charge is -2.30. The van der Waals surface area contributed by atoms with Crippen LogP contribution in [0.2, 0.25) is 0 Å². The minimum absolute atomic E-state index is 0.353. The van der Waals surface area contributed by atoms with E-state index in [1.54, 1.807) is 24.3 Å². The van der Waals surface area contributed by atoms with Crippen LogP contribution in [0.25, 0.3) is 0 Å². The third-order valence-corrected chi connectivity index (χ3v) is 3.46. The summed E-state index contributed by atoms with van der Waals surface area (Å²) in [6.45, 7) is 0. The molecule has 1 saturated carbocycles. The lowest BCUT2D eigenvalue weighted by Crippen LogP contribution is -2.36. The molecule has 1 fully saturated rings. The van der Waals surface area contributed by atoms with Crippen LogP contribution in [-0.4, -0.2) is 36.4 Å². The van der Waals surface area contributed by atoms with Crippen LogP contribution in [0.15, 0.2) is 30.3 Å². The molecule has 5 nitrogen and oxygen atoms in total. The van der Waals surface area contributed by atoms with E-state index in [1.807, 2.05) is 6.07 Å². The highest BCUT2D eigenvalue weighted by molar-refractivity contribution is 5.89. The molecule has 0 unspecified atom stereocenters. The molecule has 0 aromatic heterocycles. The molecule has 0 saturated heterocycles. The van der Waals surface area contributed by atoms with Crippen molar-refractivity contribution < 1.29 is 24.2 Å². The first kappa shape index (κ1) is 14.5. The van der Waals surface area contributed by atoms with E-state index in [1.165, 1.54) is 7.11 Å². The van der Waals surface area contributed by atoms with Crippen molar-refractivity contribution in [2.45, 2.75) is 31.5 Å². The number of hydrogen-bond donors (Lipinski definition) is 1. The summed E-state index contributed by atoms with van der Waals surface area (Å²) in [6.07, 6.45) is -0.0163. The zero-order chi connectivity index (χ0) is 14.5. The molecule has 108 valence electrons. The van der Waals surface area contributed by atoms with Crippen molar-refractivity contribution >= 4 is 11.9 Å². The summed E-state index contributed by atoms with van der Waals surface area (Å²) in [5.41, 5.74) is 0.460. The van der Waals surface area contributed by atoms with Gasteiger partial charge in [0.1, 0.15) is 6.10 Å². The van der Waals surface area contributed by atoms with Gasteiger partial charge in [0, 0.05) is 6.42 Å². The molecule has 1 aromatic rings. The monoisotopic (exact) mass is 278 g/mol. The molecule has 0 aliphatic heterocycles. The van der Waals surface area contributed by atoms with Crippen molar-refractivity contribution in [3.8, 4) is 0 Å². The summed E-state index contributed by atoms with van der Waals surface area (Å²) < 4.78 is 10.1. The fraction of sp³-hybridized carbons (Fsp3) is 0.467. The van der Waals surface area contributed by atoms with Crippen LogP contribution < -0.4 is 0 Å². The van der Waals surface area contributed by atoms with Crippen LogP contribution in [0.5, 0.6) is 0 Å². The number of aliphatic hydroxyl groups excluding tert-OH is 1. The third kappa shape index (κ3) is 3.57. The second kappa shape index (κ2) is 6.52. The molecule has 20 heavy (non-hydrogen) atoms. The Morgan fingerprint density at radius 3 is 2.50 bits per heavy atom. The minimum Gasteiger partial charge on any atom is -0.469 e. The Morgan fingerprint density at radius 2 is 1.85 bits per heavy atom. The van der Waals surface area contributed by atoms with Gasteiger partial charge in [0.2, 0.25) is 0 Å². The van der Waals surface area contributed by atoms with Crippen molar-refractivity contribution in [2.75, 3.05) is 7.11 Å². The van der Waals surface area contributed by atoms with E-state index in [0.29, 0.717) is 24.8 Å². The van der Waals surface area contributed by atoms with Crippen LogP contribution in [0.3, 0.4) is 0 Å². The molecule has 3 atom stereocenters. The predicted octanol–water partition coefficient (Wildman–Crippen LogP) is 1.55. The lowest BCUT2D eigenvalue weighted by atomic mass is 9.85. The van der Waals surface area contributed by atoms with Crippen molar-refractivity contribution in [3.05, 3.63) is 35.9 Å². The molecular formula is C15H18O5. The lowest BCUT2D eigenvalue weighted by molar-refractivity contribution is -0.150. The third-order valence-electron chi connectivity index (χ3n) is 3.46. The second-order valence-corrected chi connectivity index (χ2v) is 4.97. The molecule has 0 heterocycles. The Kier molecular flexibility index (Phi) is 4.74. The maximum absolute atomic E-state index is 11.9. The highest BCUT2D eigenvalue weighted by Gasteiger charge is 2.34. The number of methoxy groups -OCH3 is 1. The minimum atomic E-state index is -0.651. The normalized spacial score (nSPS) is 25.8. The first-order valence-corrected chi connectivity index (χ1v) is 6.62. The Morgan fingerprint density at radius 1 is 1.15 bits per heavy atom. The van der Waals surface area contributed by atoms with E-state index in [0.717, 1.165) is 0 Å². The summed E-state index contributed by atoms with van der Waals surface area (Å²) in [7, 11) is 1.31. The van der Waals surface area contributed by atoms with E-state index in [2.05, 4.69) is 4.74 Å². The Bertz CT molecular complexity index is 470. The fourth-order valence-corrected chi connectivity index (χ4v) is 2.49. The predicted molar refractivity (Wildman–Crippen MR) is 71.0 cm³/mol. The van der Waals surface area contributed by atoms with Crippen LogP contribution in [0.4, 0.5) is 0 Å². The molecular weight excluding hydrogens is 260 g/mol. The largest absolute Gasteiger partial charge is 0.469 e. The van der Waals surface area contributed by atoms with Gasteiger partial charge < -0.3 is 14.6 Å². The average Bonchev–Trinajstić information content (AvgIpc) is 2.46. The zero-order valence-corrected chi connectivity index (χ0v) is 11.3. The van der Waals surface area contributed by atoms with Gasteiger partial charge in [-0.1, -0.05) is 18.2 Å².